The predicted molar refractivity (Wildman–Crippen MR) is 92.3 cm³/mol. The van der Waals surface area contributed by atoms with Crippen molar-refractivity contribution in [1.82, 2.24) is 29.8 Å². The maximum Gasteiger partial charge on any atom is 0.183 e. The molecule has 0 spiro atoms. The Kier molecular flexibility index (Phi) is 3.86. The third-order valence-electron chi connectivity index (χ3n) is 4.77. The van der Waals surface area contributed by atoms with Gasteiger partial charge in [0, 0.05) is 18.7 Å². The molecule has 0 aromatic carbocycles. The third-order valence-corrected chi connectivity index (χ3v) is 4.77. The lowest BCUT2D eigenvalue weighted by molar-refractivity contribution is 0.199. The molecule has 0 aliphatic carbocycles. The van der Waals surface area contributed by atoms with E-state index in [1.165, 1.54) is 5.56 Å². The van der Waals surface area contributed by atoms with E-state index in [4.69, 9.17) is 5.73 Å². The highest BCUT2D eigenvalue weighted by Crippen LogP contribution is 2.28. The van der Waals surface area contributed by atoms with Gasteiger partial charge in [-0.25, -0.2) is 15.0 Å². The van der Waals surface area contributed by atoms with Crippen LogP contribution in [0.3, 0.4) is 0 Å². The molecule has 1 saturated heterocycles. The summed E-state index contributed by atoms with van der Waals surface area (Å²) < 4.78 is 0. The summed E-state index contributed by atoms with van der Waals surface area (Å²) in [6.45, 7) is 5.05. The molecular weight excluding hydrogens is 302 g/mol. The van der Waals surface area contributed by atoms with Crippen LogP contribution in [0.15, 0.2) is 24.7 Å². The second kappa shape index (κ2) is 6.16. The van der Waals surface area contributed by atoms with Gasteiger partial charge in [-0.1, -0.05) is 6.07 Å². The number of aromatic amines is 1. The van der Waals surface area contributed by atoms with E-state index in [0.717, 1.165) is 49.5 Å². The van der Waals surface area contributed by atoms with Crippen molar-refractivity contribution in [2.45, 2.75) is 32.2 Å². The molecule has 1 aliphatic heterocycles. The highest BCUT2D eigenvalue weighted by Gasteiger charge is 2.24. The van der Waals surface area contributed by atoms with Crippen molar-refractivity contribution >= 4 is 17.0 Å². The summed E-state index contributed by atoms with van der Waals surface area (Å²) in [6, 6.07) is 4.10. The van der Waals surface area contributed by atoms with Crippen LogP contribution in [0.5, 0.6) is 0 Å². The molecule has 3 N–H and O–H groups in total. The van der Waals surface area contributed by atoms with Crippen LogP contribution in [-0.2, 0) is 6.54 Å². The minimum absolute atomic E-state index is 0.342. The number of rotatable bonds is 3. The minimum atomic E-state index is 0.342. The van der Waals surface area contributed by atoms with E-state index in [1.807, 2.05) is 12.3 Å². The van der Waals surface area contributed by atoms with Crippen molar-refractivity contribution in [2.24, 2.45) is 0 Å². The van der Waals surface area contributed by atoms with Gasteiger partial charge in [0.25, 0.3) is 0 Å². The van der Waals surface area contributed by atoms with Crippen LogP contribution in [0.25, 0.3) is 11.2 Å². The van der Waals surface area contributed by atoms with Gasteiger partial charge in [0.1, 0.15) is 11.3 Å². The molecule has 4 rings (SSSR count). The van der Waals surface area contributed by atoms with Crippen molar-refractivity contribution in [3.05, 3.63) is 41.7 Å². The Labute approximate surface area is 140 Å². The molecule has 0 amide bonds. The Balaban J connectivity index is 1.44. The number of aromatic nitrogens is 5. The number of likely N-dealkylation sites (tertiary alicyclic amines) is 1. The lowest BCUT2D eigenvalue weighted by atomic mass is 9.95. The standard InChI is InChI=1S/C17H21N7/c1-11-3-2-6-19-13(11)9-24-7-4-12(5-8-24)16-22-15(18)14-17(23-16)21-10-20-14/h2-3,6,10,12H,4-5,7-9H2,1H3,(H3,18,20,21,22,23). The maximum atomic E-state index is 6.01. The Hall–Kier alpha value is -2.54. The number of nitrogen functional groups attached to an aromatic ring is 1. The molecule has 24 heavy (non-hydrogen) atoms. The lowest BCUT2D eigenvalue weighted by Gasteiger charge is -2.31. The molecule has 124 valence electrons. The molecule has 4 heterocycles. The highest BCUT2D eigenvalue weighted by molar-refractivity contribution is 5.80. The van der Waals surface area contributed by atoms with Gasteiger partial charge < -0.3 is 10.7 Å². The zero-order chi connectivity index (χ0) is 16.5. The van der Waals surface area contributed by atoms with E-state index in [-0.39, 0.29) is 0 Å². The molecule has 1 fully saturated rings. The fourth-order valence-corrected chi connectivity index (χ4v) is 3.30. The second-order valence-corrected chi connectivity index (χ2v) is 6.39. The third kappa shape index (κ3) is 2.82. The Morgan fingerprint density at radius 1 is 1.25 bits per heavy atom. The van der Waals surface area contributed by atoms with Gasteiger partial charge in [-0.3, -0.25) is 9.88 Å². The van der Waals surface area contributed by atoms with Crippen molar-refractivity contribution in [2.75, 3.05) is 18.8 Å². The number of pyridine rings is 1. The van der Waals surface area contributed by atoms with Crippen LogP contribution in [0.1, 0.15) is 35.8 Å². The van der Waals surface area contributed by atoms with E-state index in [2.05, 4.69) is 42.8 Å². The Bertz CT molecular complexity index is 849. The summed E-state index contributed by atoms with van der Waals surface area (Å²) in [5, 5.41) is 0. The summed E-state index contributed by atoms with van der Waals surface area (Å²) in [4.78, 5) is 23.2. The summed E-state index contributed by atoms with van der Waals surface area (Å²) in [6.07, 6.45) is 5.53. The maximum absolute atomic E-state index is 6.01. The first-order chi connectivity index (χ1) is 11.7. The number of nitrogens with one attached hydrogen (secondary N) is 1. The Morgan fingerprint density at radius 2 is 2.08 bits per heavy atom. The average molecular weight is 323 g/mol. The van der Waals surface area contributed by atoms with E-state index >= 15 is 0 Å². The van der Waals surface area contributed by atoms with Crippen LogP contribution < -0.4 is 5.73 Å². The first-order valence-electron chi connectivity index (χ1n) is 8.30. The molecule has 3 aromatic heterocycles. The molecular formula is C17H21N7. The second-order valence-electron chi connectivity index (χ2n) is 6.39. The van der Waals surface area contributed by atoms with E-state index in [0.29, 0.717) is 17.4 Å². The summed E-state index contributed by atoms with van der Waals surface area (Å²) in [7, 11) is 0. The average Bonchev–Trinajstić information content (AvgIpc) is 3.07. The first kappa shape index (κ1) is 15.0. The fraction of sp³-hybridized carbons (Fsp3) is 0.412. The summed E-state index contributed by atoms with van der Waals surface area (Å²) >= 11 is 0. The zero-order valence-corrected chi connectivity index (χ0v) is 13.7. The van der Waals surface area contributed by atoms with Crippen molar-refractivity contribution in [1.29, 1.82) is 0 Å². The molecule has 7 heteroatoms. The number of anilines is 1. The van der Waals surface area contributed by atoms with Crippen LogP contribution in [0.2, 0.25) is 0 Å². The number of hydrogen-bond donors (Lipinski definition) is 2. The number of piperidine rings is 1. The molecule has 3 aromatic rings. The fourth-order valence-electron chi connectivity index (χ4n) is 3.30. The lowest BCUT2D eigenvalue weighted by Crippen LogP contribution is -2.33. The van der Waals surface area contributed by atoms with E-state index in [9.17, 15) is 0 Å². The highest BCUT2D eigenvalue weighted by atomic mass is 15.1. The van der Waals surface area contributed by atoms with Crippen LogP contribution in [0, 0.1) is 6.92 Å². The quantitative estimate of drug-likeness (QED) is 0.765. The van der Waals surface area contributed by atoms with Gasteiger partial charge in [0.2, 0.25) is 0 Å². The number of aryl methyl sites for hydroxylation is 1. The van der Waals surface area contributed by atoms with Crippen LogP contribution in [-0.4, -0.2) is 42.9 Å². The van der Waals surface area contributed by atoms with Crippen LogP contribution in [0.4, 0.5) is 5.82 Å². The smallest absolute Gasteiger partial charge is 0.183 e. The van der Waals surface area contributed by atoms with Crippen molar-refractivity contribution in [3.8, 4) is 0 Å². The number of nitrogens with zero attached hydrogens (tertiary/aromatic N) is 5. The number of imidazole rings is 1. The normalized spacial score (nSPS) is 16.7. The minimum Gasteiger partial charge on any atom is -0.382 e. The molecule has 0 saturated carbocycles. The summed E-state index contributed by atoms with van der Waals surface area (Å²) in [5.41, 5.74) is 9.80. The van der Waals surface area contributed by atoms with Crippen LogP contribution >= 0.6 is 0 Å². The molecule has 1 aliphatic rings. The first-order valence-corrected chi connectivity index (χ1v) is 8.30. The largest absolute Gasteiger partial charge is 0.382 e. The molecule has 0 atom stereocenters. The van der Waals surface area contributed by atoms with Gasteiger partial charge in [-0.05, 0) is 44.5 Å². The molecule has 0 radical (unpaired) electrons. The SMILES string of the molecule is Cc1cccnc1CN1CCC(c2nc(N)c3[nH]cnc3n2)CC1. The van der Waals surface area contributed by atoms with Gasteiger partial charge >= 0.3 is 0 Å². The van der Waals surface area contributed by atoms with Gasteiger partial charge in [0.05, 0.1) is 12.0 Å². The predicted octanol–water partition coefficient (Wildman–Crippen LogP) is 2.02. The Morgan fingerprint density at radius 3 is 2.88 bits per heavy atom. The van der Waals surface area contributed by atoms with Gasteiger partial charge in [-0.2, -0.15) is 0 Å². The number of nitrogens with two attached hydrogens (primary N) is 1. The molecule has 7 nitrogen and oxygen atoms in total. The topological polar surface area (TPSA) is 96.6 Å². The van der Waals surface area contributed by atoms with Gasteiger partial charge in [0.15, 0.2) is 11.5 Å². The monoisotopic (exact) mass is 323 g/mol. The molecule has 0 bridgehead atoms. The van der Waals surface area contributed by atoms with E-state index in [1.54, 1.807) is 6.33 Å². The van der Waals surface area contributed by atoms with Crippen molar-refractivity contribution in [3.63, 3.8) is 0 Å². The number of hydrogen-bond acceptors (Lipinski definition) is 6. The summed E-state index contributed by atoms with van der Waals surface area (Å²) in [5.74, 6) is 1.65. The molecule has 0 unspecified atom stereocenters. The zero-order valence-electron chi connectivity index (χ0n) is 13.7. The van der Waals surface area contributed by atoms with E-state index < -0.39 is 0 Å². The number of fused-ring (bicyclic) bond motifs is 1. The van der Waals surface area contributed by atoms with Gasteiger partial charge in [-0.15, -0.1) is 0 Å². The number of H-pyrrole nitrogens is 1. The van der Waals surface area contributed by atoms with Crippen molar-refractivity contribution < 1.29 is 0 Å².